The summed E-state index contributed by atoms with van der Waals surface area (Å²) in [5.41, 5.74) is 0.789. The van der Waals surface area contributed by atoms with E-state index in [1.807, 2.05) is 31.2 Å². The molecule has 1 heterocycles. The highest BCUT2D eigenvalue weighted by molar-refractivity contribution is 7.92. The van der Waals surface area contributed by atoms with Gasteiger partial charge in [-0.25, -0.2) is 13.4 Å². The maximum Gasteiger partial charge on any atom is 0.233 e. The number of hydrogen-bond donors (Lipinski definition) is 2. The van der Waals surface area contributed by atoms with Crippen LogP contribution < -0.4 is 19.5 Å². The second kappa shape index (κ2) is 9.12. The van der Waals surface area contributed by atoms with Crippen molar-refractivity contribution in [3.63, 3.8) is 0 Å². The second-order valence-corrected chi connectivity index (χ2v) is 7.15. The molecule has 0 saturated carbocycles. The summed E-state index contributed by atoms with van der Waals surface area (Å²) in [4.78, 5) is 4.09. The summed E-state index contributed by atoms with van der Waals surface area (Å²) in [7, 11) is -1.70. The summed E-state index contributed by atoms with van der Waals surface area (Å²) in [6.45, 7) is 2.89. The fourth-order valence-corrected chi connectivity index (χ4v) is 3.15. The van der Waals surface area contributed by atoms with Gasteiger partial charge in [0.1, 0.15) is 23.9 Å². The smallest absolute Gasteiger partial charge is 0.233 e. The van der Waals surface area contributed by atoms with Crippen LogP contribution in [0, 0.1) is 0 Å². The largest absolute Gasteiger partial charge is 0.497 e. The van der Waals surface area contributed by atoms with E-state index in [0.29, 0.717) is 25.4 Å². The molecule has 2 N–H and O–H groups in total. The lowest BCUT2D eigenvalue weighted by Crippen LogP contribution is -2.17. The molecule has 0 spiro atoms. The Kier molecular flexibility index (Phi) is 6.88. The van der Waals surface area contributed by atoms with Gasteiger partial charge in [-0.1, -0.05) is 6.92 Å². The number of nitrogens with one attached hydrogen (secondary N) is 2. The van der Waals surface area contributed by atoms with E-state index in [1.54, 1.807) is 25.4 Å². The molecule has 0 amide bonds. The van der Waals surface area contributed by atoms with Crippen LogP contribution >= 0.6 is 0 Å². The Morgan fingerprint density at radius 2 is 1.80 bits per heavy atom. The van der Waals surface area contributed by atoms with E-state index in [4.69, 9.17) is 9.47 Å². The van der Waals surface area contributed by atoms with Gasteiger partial charge in [0.25, 0.3) is 0 Å². The van der Waals surface area contributed by atoms with Gasteiger partial charge in [-0.2, -0.15) is 0 Å². The van der Waals surface area contributed by atoms with E-state index in [2.05, 4.69) is 15.0 Å². The highest BCUT2D eigenvalue weighted by atomic mass is 32.2. The Morgan fingerprint density at radius 3 is 2.40 bits per heavy atom. The number of methoxy groups -OCH3 is 1. The minimum atomic E-state index is -3.32. The van der Waals surface area contributed by atoms with Crippen molar-refractivity contribution in [2.75, 3.05) is 36.1 Å². The first-order valence-corrected chi connectivity index (χ1v) is 9.65. The fraction of sp³-hybridized carbons (Fsp3) is 0.353. The predicted octanol–water partition coefficient (Wildman–Crippen LogP) is 2.73. The van der Waals surface area contributed by atoms with E-state index in [9.17, 15) is 8.42 Å². The molecule has 1 aromatic carbocycles. The zero-order chi connectivity index (χ0) is 18.1. The van der Waals surface area contributed by atoms with Crippen molar-refractivity contribution < 1.29 is 17.9 Å². The fourth-order valence-electron chi connectivity index (χ4n) is 2.07. The van der Waals surface area contributed by atoms with Gasteiger partial charge in [0.15, 0.2) is 0 Å². The molecule has 0 aliphatic heterocycles. The van der Waals surface area contributed by atoms with Gasteiger partial charge in [-0.05, 0) is 42.8 Å². The third-order valence-electron chi connectivity index (χ3n) is 3.26. The van der Waals surface area contributed by atoms with Gasteiger partial charge in [0.05, 0.1) is 24.7 Å². The normalized spacial score (nSPS) is 11.0. The monoisotopic (exact) mass is 365 g/mol. The minimum absolute atomic E-state index is 0.0807. The van der Waals surface area contributed by atoms with Crippen molar-refractivity contribution in [3.05, 3.63) is 42.6 Å². The van der Waals surface area contributed by atoms with Crippen molar-refractivity contribution in [2.45, 2.75) is 13.3 Å². The van der Waals surface area contributed by atoms with Crippen LogP contribution in [-0.2, 0) is 10.0 Å². The van der Waals surface area contributed by atoms with Crippen LogP contribution in [0.15, 0.2) is 42.6 Å². The number of ether oxygens (including phenoxy) is 2. The number of nitrogens with zero attached hydrogens (tertiary/aromatic N) is 1. The number of aromatic nitrogens is 1. The van der Waals surface area contributed by atoms with Crippen LogP contribution in [0.3, 0.4) is 0 Å². The van der Waals surface area contributed by atoms with Gasteiger partial charge >= 0.3 is 0 Å². The molecule has 1 aromatic heterocycles. The molecular weight excluding hydrogens is 342 g/mol. The van der Waals surface area contributed by atoms with Gasteiger partial charge in [-0.3, -0.25) is 4.72 Å². The first-order valence-electron chi connectivity index (χ1n) is 7.99. The Balaban J connectivity index is 1.75. The number of sulfonamides is 1. The number of rotatable bonds is 10. The third kappa shape index (κ3) is 6.50. The number of hydrogen-bond acceptors (Lipinski definition) is 6. The van der Waals surface area contributed by atoms with Crippen molar-refractivity contribution in [3.8, 4) is 11.5 Å². The highest BCUT2D eigenvalue weighted by Crippen LogP contribution is 2.17. The first kappa shape index (κ1) is 18.9. The van der Waals surface area contributed by atoms with Gasteiger partial charge in [-0.15, -0.1) is 0 Å². The molecule has 7 nitrogen and oxygen atoms in total. The van der Waals surface area contributed by atoms with Crippen LogP contribution in [0.4, 0.5) is 11.5 Å². The van der Waals surface area contributed by atoms with Crippen LogP contribution in [0.2, 0.25) is 0 Å². The summed E-state index contributed by atoms with van der Waals surface area (Å²) in [5, 5.41) is 3.16. The summed E-state index contributed by atoms with van der Waals surface area (Å²) >= 11 is 0. The molecule has 8 heteroatoms. The molecule has 25 heavy (non-hydrogen) atoms. The van der Waals surface area contributed by atoms with E-state index in [-0.39, 0.29) is 5.75 Å². The molecule has 0 aliphatic rings. The number of benzene rings is 1. The Hall–Kier alpha value is -2.48. The van der Waals surface area contributed by atoms with Gasteiger partial charge in [0.2, 0.25) is 10.0 Å². The van der Waals surface area contributed by atoms with Crippen molar-refractivity contribution in [1.29, 1.82) is 0 Å². The molecule has 0 atom stereocenters. The topological polar surface area (TPSA) is 89.6 Å². The minimum Gasteiger partial charge on any atom is -0.497 e. The van der Waals surface area contributed by atoms with Gasteiger partial charge in [0, 0.05) is 6.54 Å². The third-order valence-corrected chi connectivity index (χ3v) is 4.72. The maximum atomic E-state index is 11.7. The Morgan fingerprint density at radius 1 is 1.08 bits per heavy atom. The number of anilines is 2. The van der Waals surface area contributed by atoms with Crippen molar-refractivity contribution in [2.24, 2.45) is 0 Å². The average Bonchev–Trinajstić information content (AvgIpc) is 2.60. The molecule has 0 saturated heterocycles. The molecule has 2 rings (SSSR count). The molecule has 2 aromatic rings. The van der Waals surface area contributed by atoms with Crippen molar-refractivity contribution >= 4 is 21.5 Å². The van der Waals surface area contributed by atoms with Crippen LogP contribution in [0.25, 0.3) is 0 Å². The molecule has 0 aliphatic carbocycles. The van der Waals surface area contributed by atoms with E-state index >= 15 is 0 Å². The molecule has 0 radical (unpaired) electrons. The Labute approximate surface area is 148 Å². The Bertz CT molecular complexity index is 746. The molecular formula is C17H23N3O4S. The first-order chi connectivity index (χ1) is 12.0. The summed E-state index contributed by atoms with van der Waals surface area (Å²) in [6, 6.07) is 10.8. The zero-order valence-corrected chi connectivity index (χ0v) is 15.2. The zero-order valence-electron chi connectivity index (χ0n) is 14.4. The lowest BCUT2D eigenvalue weighted by atomic mass is 10.3. The average molecular weight is 365 g/mol. The summed E-state index contributed by atoms with van der Waals surface area (Å²) in [6.07, 6.45) is 2.14. The molecule has 0 bridgehead atoms. The van der Waals surface area contributed by atoms with Gasteiger partial charge < -0.3 is 14.8 Å². The summed E-state index contributed by atoms with van der Waals surface area (Å²) in [5.74, 6) is 1.94. The second-order valence-electron chi connectivity index (χ2n) is 5.30. The standard InChI is InChI=1S/C17H23N3O4S/c1-3-12-25(21,22)20-17-9-4-14(13-19-17)18-10-11-24-16-7-5-15(23-2)6-8-16/h4-9,13,18H,3,10-12H2,1-2H3,(H,19,20). The van der Waals surface area contributed by atoms with Crippen LogP contribution in [-0.4, -0.2) is 39.4 Å². The van der Waals surface area contributed by atoms with Crippen LogP contribution in [0.5, 0.6) is 11.5 Å². The van der Waals surface area contributed by atoms with E-state index < -0.39 is 10.0 Å². The van der Waals surface area contributed by atoms with E-state index in [0.717, 1.165) is 17.2 Å². The maximum absolute atomic E-state index is 11.7. The predicted molar refractivity (Wildman–Crippen MR) is 98.9 cm³/mol. The molecule has 0 unspecified atom stereocenters. The number of pyridine rings is 1. The van der Waals surface area contributed by atoms with Crippen molar-refractivity contribution in [1.82, 2.24) is 4.98 Å². The lowest BCUT2D eigenvalue weighted by Gasteiger charge is -2.10. The molecule has 136 valence electrons. The SMILES string of the molecule is CCCS(=O)(=O)Nc1ccc(NCCOc2ccc(OC)cc2)cn1. The lowest BCUT2D eigenvalue weighted by molar-refractivity contribution is 0.332. The van der Waals surface area contributed by atoms with E-state index in [1.165, 1.54) is 0 Å². The van der Waals surface area contributed by atoms with Crippen LogP contribution in [0.1, 0.15) is 13.3 Å². The molecule has 0 fully saturated rings. The quantitative estimate of drug-likeness (QED) is 0.629. The summed E-state index contributed by atoms with van der Waals surface area (Å²) < 4.78 is 36.5. The highest BCUT2D eigenvalue weighted by Gasteiger charge is 2.09.